The number of amides is 2. The summed E-state index contributed by atoms with van der Waals surface area (Å²) in [5, 5.41) is 2.83. The summed E-state index contributed by atoms with van der Waals surface area (Å²) in [6.45, 7) is 1.39. The van der Waals surface area contributed by atoms with Gasteiger partial charge in [-0.25, -0.2) is 0 Å². The maximum atomic E-state index is 12.1. The van der Waals surface area contributed by atoms with Gasteiger partial charge in [0, 0.05) is 36.2 Å². The Morgan fingerprint density at radius 3 is 3.00 bits per heavy atom. The first-order chi connectivity index (χ1) is 9.10. The minimum atomic E-state index is -0.293. The lowest BCUT2D eigenvalue weighted by atomic mass is 10.1. The Kier molecular flexibility index (Phi) is 4.55. The van der Waals surface area contributed by atoms with Crippen LogP contribution in [0.4, 0.5) is 5.69 Å². The number of hydrogen-bond acceptors (Lipinski definition) is 3. The lowest BCUT2D eigenvalue weighted by Gasteiger charge is -2.15. The maximum absolute atomic E-state index is 12.1. The molecule has 3 N–H and O–H groups in total. The van der Waals surface area contributed by atoms with Crippen molar-refractivity contribution in [3.05, 3.63) is 28.7 Å². The fourth-order valence-corrected chi connectivity index (χ4v) is 2.53. The second-order valence-corrected chi connectivity index (χ2v) is 5.44. The van der Waals surface area contributed by atoms with Crippen molar-refractivity contribution in [3.8, 4) is 0 Å². The molecule has 0 aromatic heterocycles. The Hall–Kier alpha value is -1.40. The van der Waals surface area contributed by atoms with Crippen molar-refractivity contribution in [2.75, 3.05) is 25.0 Å². The summed E-state index contributed by atoms with van der Waals surface area (Å²) >= 11 is 3.35. The molecule has 102 valence electrons. The molecule has 1 aliphatic heterocycles. The van der Waals surface area contributed by atoms with E-state index >= 15 is 0 Å². The fraction of sp³-hybridized carbons (Fsp3) is 0.385. The van der Waals surface area contributed by atoms with Crippen molar-refractivity contribution in [3.63, 3.8) is 0 Å². The average molecular weight is 326 g/mol. The van der Waals surface area contributed by atoms with Gasteiger partial charge in [-0.15, -0.1) is 0 Å². The van der Waals surface area contributed by atoms with Crippen LogP contribution in [0, 0.1) is 5.92 Å². The molecule has 0 saturated carbocycles. The van der Waals surface area contributed by atoms with Gasteiger partial charge in [0.05, 0.1) is 5.92 Å². The van der Waals surface area contributed by atoms with Gasteiger partial charge in [-0.2, -0.15) is 0 Å². The number of likely N-dealkylation sites (tertiary alicyclic amines) is 1. The zero-order valence-corrected chi connectivity index (χ0v) is 12.0. The van der Waals surface area contributed by atoms with E-state index in [0.29, 0.717) is 19.6 Å². The van der Waals surface area contributed by atoms with Gasteiger partial charge in [0.1, 0.15) is 0 Å². The second kappa shape index (κ2) is 6.16. The normalized spacial score (nSPS) is 18.7. The van der Waals surface area contributed by atoms with Crippen LogP contribution in [0.3, 0.4) is 0 Å². The van der Waals surface area contributed by atoms with Crippen molar-refractivity contribution in [2.45, 2.75) is 6.42 Å². The highest BCUT2D eigenvalue weighted by atomic mass is 79.9. The van der Waals surface area contributed by atoms with Crippen LogP contribution in [-0.2, 0) is 9.59 Å². The van der Waals surface area contributed by atoms with E-state index < -0.39 is 0 Å². The monoisotopic (exact) mass is 325 g/mol. The van der Waals surface area contributed by atoms with Crippen LogP contribution in [0.2, 0.25) is 0 Å². The number of nitrogens with one attached hydrogen (secondary N) is 1. The Labute approximate surface area is 120 Å². The van der Waals surface area contributed by atoms with E-state index in [4.69, 9.17) is 5.73 Å². The van der Waals surface area contributed by atoms with Crippen LogP contribution < -0.4 is 11.1 Å². The minimum Gasteiger partial charge on any atom is -0.341 e. The van der Waals surface area contributed by atoms with Crippen LogP contribution in [0.25, 0.3) is 0 Å². The Bertz CT molecular complexity index is 493. The predicted molar refractivity (Wildman–Crippen MR) is 76.5 cm³/mol. The molecule has 1 atom stereocenters. The van der Waals surface area contributed by atoms with Gasteiger partial charge in [0.2, 0.25) is 11.8 Å². The maximum Gasteiger partial charge on any atom is 0.229 e. The molecule has 2 amide bonds. The van der Waals surface area contributed by atoms with Gasteiger partial charge in [0.15, 0.2) is 0 Å². The largest absolute Gasteiger partial charge is 0.341 e. The molecule has 1 aliphatic rings. The Morgan fingerprint density at radius 1 is 1.53 bits per heavy atom. The summed E-state index contributed by atoms with van der Waals surface area (Å²) in [6, 6.07) is 7.38. The van der Waals surface area contributed by atoms with Crippen molar-refractivity contribution < 1.29 is 9.59 Å². The van der Waals surface area contributed by atoms with E-state index in [9.17, 15) is 9.59 Å². The van der Waals surface area contributed by atoms with Crippen molar-refractivity contribution in [1.29, 1.82) is 0 Å². The van der Waals surface area contributed by atoms with Crippen molar-refractivity contribution in [2.24, 2.45) is 11.7 Å². The van der Waals surface area contributed by atoms with E-state index in [1.54, 1.807) is 4.90 Å². The van der Waals surface area contributed by atoms with E-state index in [1.165, 1.54) is 0 Å². The average Bonchev–Trinajstić information content (AvgIpc) is 2.72. The molecule has 1 aromatic carbocycles. The summed E-state index contributed by atoms with van der Waals surface area (Å²) in [5.74, 6) is -0.413. The third kappa shape index (κ3) is 3.54. The highest BCUT2D eigenvalue weighted by Crippen LogP contribution is 2.21. The smallest absolute Gasteiger partial charge is 0.229 e. The molecule has 19 heavy (non-hydrogen) atoms. The van der Waals surface area contributed by atoms with E-state index in [1.807, 2.05) is 24.3 Å². The summed E-state index contributed by atoms with van der Waals surface area (Å²) in [7, 11) is 0. The SMILES string of the molecule is NCCN1CC(C(=O)Nc2cccc(Br)c2)CC1=O. The number of benzene rings is 1. The number of carbonyl (C=O) groups is 2. The first-order valence-corrected chi connectivity index (χ1v) is 6.93. The van der Waals surface area contributed by atoms with Crippen LogP contribution in [0.15, 0.2) is 28.7 Å². The summed E-state index contributed by atoms with van der Waals surface area (Å²) in [5.41, 5.74) is 6.16. The highest BCUT2D eigenvalue weighted by molar-refractivity contribution is 9.10. The lowest BCUT2D eigenvalue weighted by molar-refractivity contribution is -0.128. The van der Waals surface area contributed by atoms with Gasteiger partial charge >= 0.3 is 0 Å². The zero-order chi connectivity index (χ0) is 13.8. The first-order valence-electron chi connectivity index (χ1n) is 6.14. The summed E-state index contributed by atoms with van der Waals surface area (Å²) in [4.78, 5) is 25.4. The number of halogens is 1. The Balaban J connectivity index is 1.96. The second-order valence-electron chi connectivity index (χ2n) is 4.53. The van der Waals surface area contributed by atoms with Crippen LogP contribution in [-0.4, -0.2) is 36.3 Å². The molecule has 0 aliphatic carbocycles. The molecule has 0 spiro atoms. The van der Waals surface area contributed by atoms with Gasteiger partial charge in [-0.3, -0.25) is 9.59 Å². The van der Waals surface area contributed by atoms with Gasteiger partial charge in [-0.05, 0) is 18.2 Å². The molecule has 2 rings (SSSR count). The van der Waals surface area contributed by atoms with E-state index in [0.717, 1.165) is 10.2 Å². The Morgan fingerprint density at radius 2 is 2.32 bits per heavy atom. The van der Waals surface area contributed by atoms with E-state index in [2.05, 4.69) is 21.2 Å². The quantitative estimate of drug-likeness (QED) is 0.873. The number of carbonyl (C=O) groups excluding carboxylic acids is 2. The van der Waals surface area contributed by atoms with Crippen LogP contribution in [0.5, 0.6) is 0 Å². The molecule has 1 saturated heterocycles. The molecule has 1 aromatic rings. The molecule has 1 fully saturated rings. The standard InChI is InChI=1S/C13H16BrN3O2/c14-10-2-1-3-11(7-10)16-13(19)9-6-12(18)17(8-9)5-4-15/h1-3,7,9H,4-6,8,15H2,(H,16,19). The number of nitrogens with zero attached hydrogens (tertiary/aromatic N) is 1. The molecule has 1 heterocycles. The predicted octanol–water partition coefficient (Wildman–Crippen LogP) is 1.19. The van der Waals surface area contributed by atoms with Crippen LogP contribution >= 0.6 is 15.9 Å². The van der Waals surface area contributed by atoms with Crippen molar-refractivity contribution in [1.82, 2.24) is 4.90 Å². The number of rotatable bonds is 4. The highest BCUT2D eigenvalue weighted by Gasteiger charge is 2.33. The number of hydrogen-bond donors (Lipinski definition) is 2. The van der Waals surface area contributed by atoms with E-state index in [-0.39, 0.29) is 24.2 Å². The third-order valence-electron chi connectivity index (χ3n) is 3.08. The van der Waals surface area contributed by atoms with Crippen molar-refractivity contribution >= 4 is 33.4 Å². The van der Waals surface area contributed by atoms with Gasteiger partial charge in [0.25, 0.3) is 0 Å². The molecular weight excluding hydrogens is 310 g/mol. The number of anilines is 1. The summed E-state index contributed by atoms with van der Waals surface area (Å²) < 4.78 is 0.901. The number of nitrogens with two attached hydrogens (primary N) is 1. The zero-order valence-electron chi connectivity index (χ0n) is 10.4. The first kappa shape index (κ1) is 14.0. The summed E-state index contributed by atoms with van der Waals surface area (Å²) in [6.07, 6.45) is 0.264. The molecular formula is C13H16BrN3O2. The molecule has 0 bridgehead atoms. The molecule has 5 nitrogen and oxygen atoms in total. The fourth-order valence-electron chi connectivity index (χ4n) is 2.13. The molecule has 6 heteroatoms. The van der Waals surface area contributed by atoms with Crippen LogP contribution in [0.1, 0.15) is 6.42 Å². The van der Waals surface area contributed by atoms with Gasteiger partial charge in [-0.1, -0.05) is 22.0 Å². The minimum absolute atomic E-state index is 0.000146. The molecule has 1 unspecified atom stereocenters. The lowest BCUT2D eigenvalue weighted by Crippen LogP contribution is -2.32. The van der Waals surface area contributed by atoms with Gasteiger partial charge < -0.3 is 16.0 Å². The third-order valence-corrected chi connectivity index (χ3v) is 3.57. The molecule has 0 radical (unpaired) electrons. The topological polar surface area (TPSA) is 75.4 Å².